The fourth-order valence-corrected chi connectivity index (χ4v) is 3.46. The molecule has 0 unspecified atom stereocenters. The molecule has 1 aromatic carbocycles. The van der Waals surface area contributed by atoms with Crippen molar-refractivity contribution < 1.29 is 13.2 Å². The van der Waals surface area contributed by atoms with Gasteiger partial charge in [-0.05, 0) is 51.1 Å². The number of nitrogens with one attached hydrogen (secondary N) is 2. The maximum atomic E-state index is 12.6. The van der Waals surface area contributed by atoms with Gasteiger partial charge in [0.2, 0.25) is 0 Å². The number of pyridine rings is 1. The predicted octanol–water partition coefficient (Wildman–Crippen LogP) is 3.75. The van der Waals surface area contributed by atoms with Gasteiger partial charge in [0.05, 0.1) is 19.0 Å². The summed E-state index contributed by atoms with van der Waals surface area (Å²) in [5, 5.41) is 3.51. The Bertz CT molecular complexity index is 815. The van der Waals surface area contributed by atoms with Crippen molar-refractivity contribution in [3.63, 3.8) is 0 Å². The first-order valence-corrected chi connectivity index (χ1v) is 9.07. The second-order valence-corrected chi connectivity index (χ2v) is 8.30. The number of anilines is 2. The molecule has 0 aliphatic rings. The third-order valence-corrected chi connectivity index (χ3v) is 4.57. The Morgan fingerprint density at radius 3 is 2.42 bits per heavy atom. The van der Waals surface area contributed by atoms with Crippen molar-refractivity contribution in [1.29, 1.82) is 0 Å². The van der Waals surface area contributed by atoms with Crippen LogP contribution in [0.25, 0.3) is 0 Å². The van der Waals surface area contributed by atoms with Crippen molar-refractivity contribution in [3.8, 4) is 5.75 Å². The lowest BCUT2D eigenvalue weighted by Crippen LogP contribution is -2.26. The van der Waals surface area contributed by atoms with Crippen molar-refractivity contribution >= 4 is 33.1 Å². The van der Waals surface area contributed by atoms with E-state index in [0.29, 0.717) is 16.5 Å². The Balaban J connectivity index is 2.25. The number of aromatic nitrogens is 1. The van der Waals surface area contributed by atoms with E-state index in [2.05, 4.69) is 15.0 Å². The normalized spacial score (nSPS) is 11.9. The van der Waals surface area contributed by atoms with Crippen LogP contribution in [0, 0.1) is 0 Å². The lowest BCUT2D eigenvalue weighted by atomic mass is 10.1. The van der Waals surface area contributed by atoms with E-state index in [4.69, 9.17) is 16.3 Å². The van der Waals surface area contributed by atoms with Gasteiger partial charge in [-0.15, -0.1) is 0 Å². The van der Waals surface area contributed by atoms with Gasteiger partial charge in [-0.1, -0.05) is 11.6 Å². The molecule has 130 valence electrons. The summed E-state index contributed by atoms with van der Waals surface area (Å²) in [5.74, 6) is 0.872. The van der Waals surface area contributed by atoms with Gasteiger partial charge in [-0.3, -0.25) is 4.72 Å². The number of ether oxygens (including phenoxy) is 1. The van der Waals surface area contributed by atoms with Crippen LogP contribution in [-0.4, -0.2) is 26.1 Å². The molecule has 0 radical (unpaired) electrons. The van der Waals surface area contributed by atoms with E-state index in [9.17, 15) is 8.42 Å². The summed E-state index contributed by atoms with van der Waals surface area (Å²) in [6.45, 7) is 6.03. The number of hydrogen-bond donors (Lipinski definition) is 2. The van der Waals surface area contributed by atoms with Crippen LogP contribution in [0.1, 0.15) is 20.8 Å². The van der Waals surface area contributed by atoms with E-state index in [0.717, 1.165) is 0 Å². The summed E-state index contributed by atoms with van der Waals surface area (Å²) >= 11 is 5.90. The second-order valence-electron chi connectivity index (χ2n) is 6.21. The smallest absolute Gasteiger partial charge is 0.265 e. The highest BCUT2D eigenvalue weighted by Crippen LogP contribution is 2.28. The summed E-state index contributed by atoms with van der Waals surface area (Å²) in [6, 6.07) is 7.75. The van der Waals surface area contributed by atoms with E-state index in [1.807, 2.05) is 20.8 Å². The standard InChI is InChI=1S/C16H20ClN3O3S/c1-16(2,3)19-15-8-6-12(10-18-15)20-24(21,22)14-9-11(17)5-7-13(14)23-4/h5-10,20H,1-4H3,(H,18,19). The Hall–Kier alpha value is -1.99. The van der Waals surface area contributed by atoms with Gasteiger partial charge in [-0.25, -0.2) is 13.4 Å². The first-order chi connectivity index (χ1) is 11.1. The van der Waals surface area contributed by atoms with E-state index in [1.165, 1.54) is 25.4 Å². The van der Waals surface area contributed by atoms with Crippen LogP contribution < -0.4 is 14.8 Å². The van der Waals surface area contributed by atoms with Gasteiger partial charge >= 0.3 is 0 Å². The molecule has 0 atom stereocenters. The summed E-state index contributed by atoms with van der Waals surface area (Å²) in [7, 11) is -2.45. The maximum Gasteiger partial charge on any atom is 0.265 e. The molecule has 0 spiro atoms. The Morgan fingerprint density at radius 1 is 1.17 bits per heavy atom. The lowest BCUT2D eigenvalue weighted by molar-refractivity contribution is 0.403. The quantitative estimate of drug-likeness (QED) is 0.838. The van der Waals surface area contributed by atoms with Crippen LogP contribution in [0.15, 0.2) is 41.4 Å². The molecule has 0 saturated heterocycles. The molecule has 0 aliphatic carbocycles. The van der Waals surface area contributed by atoms with Crippen LogP contribution in [-0.2, 0) is 10.0 Å². The average Bonchev–Trinajstić information content (AvgIpc) is 2.47. The van der Waals surface area contributed by atoms with Gasteiger partial charge in [-0.2, -0.15) is 0 Å². The van der Waals surface area contributed by atoms with Crippen LogP contribution in [0.2, 0.25) is 5.02 Å². The SMILES string of the molecule is COc1ccc(Cl)cc1S(=O)(=O)Nc1ccc(NC(C)(C)C)nc1. The van der Waals surface area contributed by atoms with E-state index >= 15 is 0 Å². The number of halogens is 1. The molecule has 1 heterocycles. The highest BCUT2D eigenvalue weighted by Gasteiger charge is 2.20. The summed E-state index contributed by atoms with van der Waals surface area (Å²) in [5.41, 5.74) is 0.207. The largest absolute Gasteiger partial charge is 0.495 e. The first kappa shape index (κ1) is 18.4. The molecule has 0 bridgehead atoms. The first-order valence-electron chi connectivity index (χ1n) is 7.21. The number of rotatable bonds is 5. The minimum Gasteiger partial charge on any atom is -0.495 e. The Labute approximate surface area is 147 Å². The average molecular weight is 370 g/mol. The summed E-state index contributed by atoms with van der Waals surface area (Å²) in [4.78, 5) is 4.17. The Morgan fingerprint density at radius 2 is 1.88 bits per heavy atom. The minimum absolute atomic E-state index is 0.0330. The predicted molar refractivity (Wildman–Crippen MR) is 96.4 cm³/mol. The van der Waals surface area contributed by atoms with Crippen LogP contribution in [0.5, 0.6) is 5.75 Å². The number of methoxy groups -OCH3 is 1. The highest BCUT2D eigenvalue weighted by atomic mass is 35.5. The third kappa shape index (κ3) is 4.75. The van der Waals surface area contributed by atoms with E-state index in [-0.39, 0.29) is 16.2 Å². The molecule has 0 amide bonds. The zero-order chi connectivity index (χ0) is 18.0. The number of hydrogen-bond acceptors (Lipinski definition) is 5. The molecule has 0 aliphatic heterocycles. The highest BCUT2D eigenvalue weighted by molar-refractivity contribution is 7.92. The van der Waals surface area contributed by atoms with Gasteiger partial charge in [0.25, 0.3) is 10.0 Å². The van der Waals surface area contributed by atoms with Gasteiger partial charge in [0.15, 0.2) is 0 Å². The summed E-state index contributed by atoms with van der Waals surface area (Å²) in [6.07, 6.45) is 1.45. The van der Waals surface area contributed by atoms with Gasteiger partial charge in [0.1, 0.15) is 16.5 Å². The third-order valence-electron chi connectivity index (χ3n) is 2.93. The van der Waals surface area contributed by atoms with E-state index in [1.54, 1.807) is 18.2 Å². The molecule has 2 N–H and O–H groups in total. The fraction of sp³-hybridized carbons (Fsp3) is 0.312. The van der Waals surface area contributed by atoms with Gasteiger partial charge < -0.3 is 10.1 Å². The van der Waals surface area contributed by atoms with Crippen molar-refractivity contribution in [2.24, 2.45) is 0 Å². The molecule has 2 aromatic rings. The molecular weight excluding hydrogens is 350 g/mol. The molecule has 6 nitrogen and oxygen atoms in total. The zero-order valence-corrected chi connectivity index (χ0v) is 15.5. The topological polar surface area (TPSA) is 80.3 Å². The van der Waals surface area contributed by atoms with Crippen molar-refractivity contribution in [3.05, 3.63) is 41.6 Å². The minimum atomic E-state index is -3.85. The van der Waals surface area contributed by atoms with Crippen LogP contribution in [0.3, 0.4) is 0 Å². The number of nitrogens with zero attached hydrogens (tertiary/aromatic N) is 1. The molecule has 24 heavy (non-hydrogen) atoms. The van der Waals surface area contributed by atoms with E-state index < -0.39 is 10.0 Å². The van der Waals surface area contributed by atoms with Crippen molar-refractivity contribution in [1.82, 2.24) is 4.98 Å². The molecule has 1 aromatic heterocycles. The summed E-state index contributed by atoms with van der Waals surface area (Å²) < 4.78 is 32.7. The fourth-order valence-electron chi connectivity index (χ4n) is 1.98. The number of benzene rings is 1. The molecule has 8 heteroatoms. The zero-order valence-electron chi connectivity index (χ0n) is 13.9. The van der Waals surface area contributed by atoms with Crippen molar-refractivity contribution in [2.75, 3.05) is 17.1 Å². The van der Waals surface area contributed by atoms with Gasteiger partial charge in [0, 0.05) is 10.6 Å². The molecular formula is C16H20ClN3O3S. The maximum absolute atomic E-state index is 12.6. The molecule has 2 rings (SSSR count). The van der Waals surface area contributed by atoms with Crippen LogP contribution in [0.4, 0.5) is 11.5 Å². The van der Waals surface area contributed by atoms with Crippen LogP contribution >= 0.6 is 11.6 Å². The molecule has 0 fully saturated rings. The molecule has 0 saturated carbocycles. The Kier molecular flexibility index (Phi) is 5.25. The lowest BCUT2D eigenvalue weighted by Gasteiger charge is -2.21. The second kappa shape index (κ2) is 6.86. The monoisotopic (exact) mass is 369 g/mol. The number of sulfonamides is 1. The van der Waals surface area contributed by atoms with Crippen molar-refractivity contribution in [2.45, 2.75) is 31.2 Å².